The second kappa shape index (κ2) is 9.52. The van der Waals surface area contributed by atoms with Crippen LogP contribution in [0.15, 0.2) is 66.7 Å². The van der Waals surface area contributed by atoms with Crippen LogP contribution in [0.1, 0.15) is 48.5 Å². The van der Waals surface area contributed by atoms with Gasteiger partial charge in [-0.2, -0.15) is 4.98 Å². The topological polar surface area (TPSA) is 73.3 Å². The number of aliphatic hydroxyl groups excluding tert-OH is 1. The van der Waals surface area contributed by atoms with Gasteiger partial charge in [0.25, 0.3) is 0 Å². The van der Waals surface area contributed by atoms with Gasteiger partial charge in [-0.3, -0.25) is 0 Å². The molecule has 1 saturated carbocycles. The lowest BCUT2D eigenvalue weighted by Crippen LogP contribution is -2.37. The zero-order valence-corrected chi connectivity index (χ0v) is 20.9. The molecule has 2 aliphatic rings. The average Bonchev–Trinajstić information content (AvgIpc) is 3.20. The van der Waals surface area contributed by atoms with Crippen LogP contribution >= 0.6 is 0 Å². The number of nitrogens with zero attached hydrogens (tertiary/aromatic N) is 3. The summed E-state index contributed by atoms with van der Waals surface area (Å²) in [6, 6.07) is 23.6. The first-order valence-corrected chi connectivity index (χ1v) is 12.9. The molecule has 0 radical (unpaired) electrons. The average molecular weight is 480 g/mol. The summed E-state index contributed by atoms with van der Waals surface area (Å²) in [5, 5.41) is 19.4. The van der Waals surface area contributed by atoms with Crippen molar-refractivity contribution < 1.29 is 5.11 Å². The number of benzene rings is 3. The molecule has 6 heteroatoms. The number of nitrogens with one attached hydrogen (secondary N) is 2. The molecular formula is C30H33N5O. The summed E-state index contributed by atoms with van der Waals surface area (Å²) in [5.41, 5.74) is 6.55. The Kier molecular flexibility index (Phi) is 6.07. The zero-order valence-electron chi connectivity index (χ0n) is 20.9. The maximum Gasteiger partial charge on any atom is 0.225 e. The first-order chi connectivity index (χ1) is 17.6. The summed E-state index contributed by atoms with van der Waals surface area (Å²) >= 11 is 0. The Morgan fingerprint density at radius 2 is 1.56 bits per heavy atom. The van der Waals surface area contributed by atoms with Crippen LogP contribution in [0.25, 0.3) is 22.0 Å². The van der Waals surface area contributed by atoms with E-state index < -0.39 is 6.10 Å². The van der Waals surface area contributed by atoms with Crippen LogP contribution in [0.3, 0.4) is 0 Å². The van der Waals surface area contributed by atoms with E-state index in [0.29, 0.717) is 18.0 Å². The minimum atomic E-state index is -0.539. The van der Waals surface area contributed by atoms with Gasteiger partial charge in [-0.05, 0) is 65.6 Å². The van der Waals surface area contributed by atoms with Crippen LogP contribution in [0, 0.1) is 0 Å². The quantitative estimate of drug-likeness (QED) is 0.350. The molecular weight excluding hydrogens is 446 g/mol. The summed E-state index contributed by atoms with van der Waals surface area (Å²) < 4.78 is 0. The van der Waals surface area contributed by atoms with Crippen molar-refractivity contribution >= 4 is 22.7 Å². The Hall–Kier alpha value is -3.48. The number of aromatic nitrogens is 2. The molecule has 2 aliphatic carbocycles. The Balaban J connectivity index is 1.09. The van der Waals surface area contributed by atoms with Crippen LogP contribution in [0.2, 0.25) is 0 Å². The Morgan fingerprint density at radius 3 is 2.39 bits per heavy atom. The highest BCUT2D eigenvalue weighted by Gasteiger charge is 2.29. The smallest absolute Gasteiger partial charge is 0.225 e. The predicted molar refractivity (Wildman–Crippen MR) is 146 cm³/mol. The minimum Gasteiger partial charge on any atom is -0.384 e. The standard InChI is InChI=1S/C30H33N5O/c1-35(2)29-25-11-5-6-13-26(25)33-30(34-29)32-21-16-14-20(15-17-21)31-18-19-8-7-12-23-22-9-3-4-10-24(22)28(36)27(19)23/h3-13,20-21,28,31,36H,14-18H2,1-2H3,(H,32,33,34). The predicted octanol–water partition coefficient (Wildman–Crippen LogP) is 5.27. The van der Waals surface area contributed by atoms with Gasteiger partial charge in [0.1, 0.15) is 11.9 Å². The van der Waals surface area contributed by atoms with Crippen molar-refractivity contribution in [1.82, 2.24) is 15.3 Å². The Bertz CT molecular complexity index is 1390. The van der Waals surface area contributed by atoms with Gasteiger partial charge in [-0.1, -0.05) is 54.6 Å². The van der Waals surface area contributed by atoms with Crippen molar-refractivity contribution in [2.45, 2.75) is 50.4 Å². The van der Waals surface area contributed by atoms with Gasteiger partial charge in [-0.15, -0.1) is 0 Å². The van der Waals surface area contributed by atoms with Gasteiger partial charge in [-0.25, -0.2) is 4.98 Å². The van der Waals surface area contributed by atoms with Crippen molar-refractivity contribution in [1.29, 1.82) is 0 Å². The van der Waals surface area contributed by atoms with Crippen molar-refractivity contribution in [2.75, 3.05) is 24.3 Å². The molecule has 4 aromatic rings. The summed E-state index contributed by atoms with van der Waals surface area (Å²) in [6.07, 6.45) is 3.81. The normalized spacial score (nSPS) is 20.7. The molecule has 0 spiro atoms. The van der Waals surface area contributed by atoms with Gasteiger partial charge in [0, 0.05) is 38.1 Å². The second-order valence-corrected chi connectivity index (χ2v) is 10.2. The molecule has 3 N–H and O–H groups in total. The lowest BCUT2D eigenvalue weighted by molar-refractivity contribution is 0.223. The summed E-state index contributed by atoms with van der Waals surface area (Å²) in [7, 11) is 4.05. The molecule has 0 bridgehead atoms. The highest BCUT2D eigenvalue weighted by molar-refractivity contribution is 5.90. The highest BCUT2D eigenvalue weighted by Crippen LogP contribution is 2.44. The third kappa shape index (κ3) is 4.21. The van der Waals surface area contributed by atoms with E-state index >= 15 is 0 Å². The number of hydrogen-bond acceptors (Lipinski definition) is 6. The highest BCUT2D eigenvalue weighted by atomic mass is 16.3. The van der Waals surface area contributed by atoms with Crippen LogP contribution < -0.4 is 15.5 Å². The maximum atomic E-state index is 11.0. The number of fused-ring (bicyclic) bond motifs is 4. The molecule has 0 aliphatic heterocycles. The van der Waals surface area contributed by atoms with Crippen LogP contribution in [0.4, 0.5) is 11.8 Å². The molecule has 1 fully saturated rings. The van der Waals surface area contributed by atoms with E-state index in [-0.39, 0.29) is 0 Å². The van der Waals surface area contributed by atoms with Crippen molar-refractivity contribution in [3.63, 3.8) is 0 Å². The Morgan fingerprint density at radius 1 is 0.833 bits per heavy atom. The SMILES string of the molecule is CN(C)c1nc(NC2CCC(NCc3cccc4c3C(O)c3ccccc3-4)CC2)nc2ccccc12. The van der Waals surface area contributed by atoms with Crippen LogP contribution in [0.5, 0.6) is 0 Å². The summed E-state index contributed by atoms with van der Waals surface area (Å²) in [4.78, 5) is 11.6. The van der Waals surface area contributed by atoms with E-state index in [9.17, 15) is 5.11 Å². The van der Waals surface area contributed by atoms with E-state index in [1.807, 2.05) is 55.4 Å². The van der Waals surface area contributed by atoms with Crippen molar-refractivity contribution in [3.05, 3.63) is 83.4 Å². The second-order valence-electron chi connectivity index (χ2n) is 10.2. The van der Waals surface area contributed by atoms with E-state index in [1.54, 1.807) is 0 Å². The molecule has 1 aromatic heterocycles. The summed E-state index contributed by atoms with van der Waals surface area (Å²) in [6.45, 7) is 0.775. The molecule has 6 rings (SSSR count). The fourth-order valence-electron chi connectivity index (χ4n) is 5.81. The van der Waals surface area contributed by atoms with E-state index in [2.05, 4.69) is 41.0 Å². The fourth-order valence-corrected chi connectivity index (χ4v) is 5.81. The maximum absolute atomic E-state index is 11.0. The number of anilines is 2. The lowest BCUT2D eigenvalue weighted by atomic mass is 9.91. The van der Waals surface area contributed by atoms with Crippen LogP contribution in [-0.4, -0.2) is 41.3 Å². The molecule has 6 nitrogen and oxygen atoms in total. The fraction of sp³-hybridized carbons (Fsp3) is 0.333. The van der Waals surface area contributed by atoms with E-state index in [1.165, 1.54) is 5.56 Å². The third-order valence-corrected chi connectivity index (χ3v) is 7.66. The summed E-state index contributed by atoms with van der Waals surface area (Å²) in [5.74, 6) is 1.65. The van der Waals surface area contributed by atoms with Gasteiger partial charge in [0.2, 0.25) is 5.95 Å². The van der Waals surface area contributed by atoms with Gasteiger partial charge in [0.05, 0.1) is 5.52 Å². The monoisotopic (exact) mass is 479 g/mol. The molecule has 1 unspecified atom stereocenters. The number of para-hydroxylation sites is 1. The molecule has 1 heterocycles. The third-order valence-electron chi connectivity index (χ3n) is 7.66. The zero-order chi connectivity index (χ0) is 24.6. The minimum absolute atomic E-state index is 0.372. The molecule has 1 atom stereocenters. The number of hydrogen-bond donors (Lipinski definition) is 3. The van der Waals surface area contributed by atoms with E-state index in [0.717, 1.165) is 71.2 Å². The molecule has 0 amide bonds. The Labute approximate surface area is 212 Å². The molecule has 0 saturated heterocycles. The van der Waals surface area contributed by atoms with Gasteiger partial charge >= 0.3 is 0 Å². The van der Waals surface area contributed by atoms with Crippen molar-refractivity contribution in [3.8, 4) is 11.1 Å². The molecule has 184 valence electrons. The van der Waals surface area contributed by atoms with Crippen molar-refractivity contribution in [2.24, 2.45) is 0 Å². The van der Waals surface area contributed by atoms with Gasteiger partial charge in [0.15, 0.2) is 0 Å². The number of aliphatic hydroxyl groups is 1. The van der Waals surface area contributed by atoms with Gasteiger partial charge < -0.3 is 20.6 Å². The first-order valence-electron chi connectivity index (χ1n) is 12.9. The largest absolute Gasteiger partial charge is 0.384 e. The molecule has 36 heavy (non-hydrogen) atoms. The molecule has 3 aromatic carbocycles. The van der Waals surface area contributed by atoms with Crippen LogP contribution in [-0.2, 0) is 6.54 Å². The first kappa shape index (κ1) is 23.0. The number of rotatable bonds is 6. The lowest BCUT2D eigenvalue weighted by Gasteiger charge is -2.30. The van der Waals surface area contributed by atoms with E-state index in [4.69, 9.17) is 9.97 Å².